The lowest BCUT2D eigenvalue weighted by Gasteiger charge is -2.18. The Kier molecular flexibility index (Phi) is 1.92. The van der Waals surface area contributed by atoms with Gasteiger partial charge < -0.3 is 0 Å². The normalized spacial score (nSPS) is 41.8. The van der Waals surface area contributed by atoms with E-state index in [-0.39, 0.29) is 17.1 Å². The minimum Gasteiger partial charge on any atom is -0.212 e. The Balaban J connectivity index is 2.18. The van der Waals surface area contributed by atoms with E-state index in [4.69, 9.17) is 5.26 Å². The fourth-order valence-electron chi connectivity index (χ4n) is 2.50. The zero-order valence-electron chi connectivity index (χ0n) is 8.40. The summed E-state index contributed by atoms with van der Waals surface area (Å²) in [7, 11) is -3.09. The van der Waals surface area contributed by atoms with Gasteiger partial charge in [-0.3, -0.25) is 0 Å². The van der Waals surface area contributed by atoms with E-state index in [1.54, 1.807) is 6.92 Å². The maximum Gasteiger partial charge on any atom is 0.213 e. The van der Waals surface area contributed by atoms with Crippen molar-refractivity contribution >= 4 is 10.0 Å². The highest BCUT2D eigenvalue weighted by molar-refractivity contribution is 7.89. The molecule has 0 amide bonds. The van der Waals surface area contributed by atoms with Crippen molar-refractivity contribution in [3.8, 4) is 6.07 Å². The zero-order valence-corrected chi connectivity index (χ0v) is 9.21. The number of nitriles is 1. The third kappa shape index (κ3) is 1.04. The van der Waals surface area contributed by atoms with Crippen LogP contribution in [0.2, 0.25) is 0 Å². The molecule has 1 heterocycles. The molecule has 78 valence electrons. The van der Waals surface area contributed by atoms with Crippen LogP contribution in [0.4, 0.5) is 0 Å². The van der Waals surface area contributed by atoms with Crippen LogP contribution in [0.5, 0.6) is 0 Å². The Morgan fingerprint density at radius 2 is 2.29 bits per heavy atom. The first kappa shape index (κ1) is 9.94. The molecule has 0 aromatic carbocycles. The van der Waals surface area contributed by atoms with Crippen LogP contribution in [0.1, 0.15) is 13.8 Å². The monoisotopic (exact) mass is 214 g/mol. The first-order valence-electron chi connectivity index (χ1n) is 4.87. The van der Waals surface area contributed by atoms with Crippen LogP contribution in [-0.4, -0.2) is 31.6 Å². The maximum atomic E-state index is 11.5. The Bertz CT molecular complexity index is 398. The van der Waals surface area contributed by atoms with Gasteiger partial charge in [0.1, 0.15) is 0 Å². The first-order chi connectivity index (χ1) is 6.48. The summed E-state index contributed by atoms with van der Waals surface area (Å²) in [5.41, 5.74) is -0.359. The summed E-state index contributed by atoms with van der Waals surface area (Å²) in [4.78, 5) is 0. The standard InChI is InChI=1S/C9H14N2O2S/c1-3-14(12,13)11-4-8-7(2)9(8,5-10)6-11/h7-8H,3-4,6H2,1-2H3/t7-,8+,9-/m0/s1. The Hall–Kier alpha value is -0.600. The number of sulfonamides is 1. The molecule has 1 aliphatic heterocycles. The van der Waals surface area contributed by atoms with Crippen LogP contribution in [0.25, 0.3) is 0 Å². The van der Waals surface area contributed by atoms with Crippen LogP contribution >= 0.6 is 0 Å². The maximum absolute atomic E-state index is 11.5. The van der Waals surface area contributed by atoms with Gasteiger partial charge in [0.05, 0.1) is 17.2 Å². The molecular formula is C9H14N2O2S. The number of nitrogens with zero attached hydrogens (tertiary/aromatic N) is 2. The number of piperidine rings is 1. The molecule has 0 bridgehead atoms. The van der Waals surface area contributed by atoms with Crippen molar-refractivity contribution in [3.05, 3.63) is 0 Å². The van der Waals surface area contributed by atoms with E-state index in [0.717, 1.165) is 0 Å². The molecule has 4 nitrogen and oxygen atoms in total. The lowest BCUT2D eigenvalue weighted by Crippen LogP contribution is -2.34. The summed E-state index contributed by atoms with van der Waals surface area (Å²) in [6.07, 6.45) is 0. The highest BCUT2D eigenvalue weighted by Gasteiger charge is 2.68. The smallest absolute Gasteiger partial charge is 0.212 e. The van der Waals surface area contributed by atoms with Gasteiger partial charge in [-0.05, 0) is 18.8 Å². The van der Waals surface area contributed by atoms with Gasteiger partial charge in [0.25, 0.3) is 0 Å². The lowest BCUT2D eigenvalue weighted by molar-refractivity contribution is 0.402. The van der Waals surface area contributed by atoms with E-state index in [1.165, 1.54) is 4.31 Å². The van der Waals surface area contributed by atoms with Crippen molar-refractivity contribution in [1.82, 2.24) is 4.31 Å². The quantitative estimate of drug-likeness (QED) is 0.669. The summed E-state index contributed by atoms with van der Waals surface area (Å²) in [5.74, 6) is 0.778. The van der Waals surface area contributed by atoms with Crippen LogP contribution in [0, 0.1) is 28.6 Å². The number of rotatable bonds is 2. The van der Waals surface area contributed by atoms with E-state index in [1.807, 2.05) is 6.92 Å². The summed E-state index contributed by atoms with van der Waals surface area (Å²) in [6.45, 7) is 4.63. The second-order valence-corrected chi connectivity index (χ2v) is 6.50. The average Bonchev–Trinajstić information content (AvgIpc) is 2.60. The van der Waals surface area contributed by atoms with Crippen molar-refractivity contribution in [2.45, 2.75) is 13.8 Å². The predicted molar refractivity (Wildman–Crippen MR) is 51.7 cm³/mol. The topological polar surface area (TPSA) is 61.2 Å². The van der Waals surface area contributed by atoms with Crippen LogP contribution in [0.3, 0.4) is 0 Å². The molecule has 0 radical (unpaired) electrons. The van der Waals surface area contributed by atoms with Gasteiger partial charge in [-0.2, -0.15) is 9.57 Å². The largest absolute Gasteiger partial charge is 0.213 e. The molecule has 0 N–H and O–H groups in total. The molecule has 2 aliphatic rings. The third-order valence-electron chi connectivity index (χ3n) is 3.77. The van der Waals surface area contributed by atoms with Crippen molar-refractivity contribution < 1.29 is 8.42 Å². The first-order valence-corrected chi connectivity index (χ1v) is 6.48. The summed E-state index contributed by atoms with van der Waals surface area (Å²) in [6, 6.07) is 2.28. The van der Waals surface area contributed by atoms with Gasteiger partial charge in [0, 0.05) is 13.1 Å². The van der Waals surface area contributed by atoms with Crippen molar-refractivity contribution in [3.63, 3.8) is 0 Å². The Labute approximate surface area is 84.6 Å². The number of hydrogen-bond donors (Lipinski definition) is 0. The molecule has 14 heavy (non-hydrogen) atoms. The summed E-state index contributed by atoms with van der Waals surface area (Å²) >= 11 is 0. The lowest BCUT2D eigenvalue weighted by atomic mass is 10.1. The Morgan fingerprint density at radius 1 is 1.64 bits per heavy atom. The molecule has 0 aromatic heterocycles. The zero-order chi connectivity index (χ0) is 10.6. The average molecular weight is 214 g/mol. The van der Waals surface area contributed by atoms with Crippen LogP contribution in [0.15, 0.2) is 0 Å². The van der Waals surface area contributed by atoms with E-state index < -0.39 is 10.0 Å². The molecule has 1 aliphatic carbocycles. The molecule has 0 unspecified atom stereocenters. The van der Waals surface area contributed by atoms with Gasteiger partial charge in [0.15, 0.2) is 0 Å². The fourth-order valence-corrected chi connectivity index (χ4v) is 3.66. The van der Waals surface area contributed by atoms with E-state index in [0.29, 0.717) is 19.0 Å². The molecule has 1 saturated carbocycles. The molecular weight excluding hydrogens is 200 g/mol. The highest BCUT2D eigenvalue weighted by Crippen LogP contribution is 2.62. The van der Waals surface area contributed by atoms with Gasteiger partial charge in [-0.25, -0.2) is 8.42 Å². The molecule has 2 fully saturated rings. The predicted octanol–water partition coefficient (Wildman–Crippen LogP) is 0.428. The second kappa shape index (κ2) is 2.71. The molecule has 1 saturated heterocycles. The number of fused-ring (bicyclic) bond motifs is 1. The van der Waals surface area contributed by atoms with Crippen molar-refractivity contribution in [2.75, 3.05) is 18.8 Å². The van der Waals surface area contributed by atoms with E-state index in [2.05, 4.69) is 6.07 Å². The van der Waals surface area contributed by atoms with Crippen molar-refractivity contribution in [2.24, 2.45) is 17.3 Å². The summed E-state index contributed by atoms with van der Waals surface area (Å²) in [5, 5.41) is 9.02. The fraction of sp³-hybridized carbons (Fsp3) is 0.889. The van der Waals surface area contributed by atoms with E-state index >= 15 is 0 Å². The number of hydrogen-bond acceptors (Lipinski definition) is 3. The van der Waals surface area contributed by atoms with Gasteiger partial charge in [-0.1, -0.05) is 6.92 Å². The van der Waals surface area contributed by atoms with Gasteiger partial charge >= 0.3 is 0 Å². The summed E-state index contributed by atoms with van der Waals surface area (Å²) < 4.78 is 24.6. The SMILES string of the molecule is CCS(=O)(=O)N1C[C@@H]2[C@H](C)[C@]2(C#N)C1. The molecule has 2 rings (SSSR count). The minimum atomic E-state index is -3.09. The van der Waals surface area contributed by atoms with E-state index in [9.17, 15) is 8.42 Å². The highest BCUT2D eigenvalue weighted by atomic mass is 32.2. The van der Waals surface area contributed by atoms with Crippen LogP contribution in [-0.2, 0) is 10.0 Å². The molecule has 3 atom stereocenters. The second-order valence-electron chi connectivity index (χ2n) is 4.24. The molecule has 0 spiro atoms. The Morgan fingerprint density at radius 3 is 2.71 bits per heavy atom. The molecule has 5 heteroatoms. The minimum absolute atomic E-state index is 0.135. The van der Waals surface area contributed by atoms with Crippen LogP contribution < -0.4 is 0 Å². The van der Waals surface area contributed by atoms with Gasteiger partial charge in [-0.15, -0.1) is 0 Å². The molecule has 0 aromatic rings. The third-order valence-corrected chi connectivity index (χ3v) is 5.57. The van der Waals surface area contributed by atoms with Crippen molar-refractivity contribution in [1.29, 1.82) is 5.26 Å². The van der Waals surface area contributed by atoms with Gasteiger partial charge in [0.2, 0.25) is 10.0 Å².